The number of hydrogen-bond donors (Lipinski definition) is 4. The maximum absolute atomic E-state index is 13.3. The number of halogens is 1. The maximum Gasteiger partial charge on any atom is 0.356 e. The number of carbonyl (C=O) groups is 1. The van der Waals surface area contributed by atoms with Crippen LogP contribution in [0.4, 0.5) is 5.69 Å². The first kappa shape index (κ1) is 27.1. The fourth-order valence-electron chi connectivity index (χ4n) is 5.11. The first-order chi connectivity index (χ1) is 18.6. The third-order valence-corrected chi connectivity index (χ3v) is 8.31. The van der Waals surface area contributed by atoms with Crippen molar-refractivity contribution in [2.75, 3.05) is 4.90 Å². The number of carbonyl (C=O) groups excluding carboxylic acids is 1. The van der Waals surface area contributed by atoms with Crippen LogP contribution in [-0.4, -0.2) is 25.9 Å². The second-order valence-corrected chi connectivity index (χ2v) is 11.7. The lowest BCUT2D eigenvalue weighted by Crippen LogP contribution is -2.55. The molecule has 4 aromatic rings. The molecule has 1 heterocycles. The molecule has 1 saturated heterocycles. The van der Waals surface area contributed by atoms with Gasteiger partial charge in [-0.2, -0.15) is 0 Å². The van der Waals surface area contributed by atoms with E-state index in [1.54, 1.807) is 47.4 Å². The molecule has 0 saturated carbocycles. The van der Waals surface area contributed by atoms with Gasteiger partial charge in [0.2, 0.25) is 5.91 Å². The number of aliphatic hydroxyl groups excluding tert-OH is 1. The largest absolute Gasteiger partial charge is 0.507 e. The monoisotopic (exact) mass is 563 g/mol. The van der Waals surface area contributed by atoms with Crippen molar-refractivity contribution in [3.8, 4) is 16.9 Å². The van der Waals surface area contributed by atoms with E-state index in [1.807, 2.05) is 36.4 Å². The first-order valence-electron chi connectivity index (χ1n) is 12.4. The number of phenolic OH excluding ortho intramolecular Hbond substituents is 1. The van der Waals surface area contributed by atoms with Gasteiger partial charge in [-0.05, 0) is 72.0 Å². The number of phenols is 1. The average molecular weight is 564 g/mol. The highest BCUT2D eigenvalue weighted by Gasteiger charge is 2.48. The zero-order chi connectivity index (χ0) is 27.7. The van der Waals surface area contributed by atoms with E-state index >= 15 is 0 Å². The summed E-state index contributed by atoms with van der Waals surface area (Å²) in [5.74, 6) is -0.537. The minimum atomic E-state index is -4.45. The molecular formula is C30H27ClNO6P. The summed E-state index contributed by atoms with van der Waals surface area (Å²) in [6.07, 6.45) is 0.0541. The van der Waals surface area contributed by atoms with Crippen LogP contribution in [0.5, 0.6) is 5.75 Å². The van der Waals surface area contributed by atoms with Crippen LogP contribution < -0.4 is 10.2 Å². The van der Waals surface area contributed by atoms with Crippen LogP contribution in [0.1, 0.15) is 36.1 Å². The third-order valence-electron chi connectivity index (χ3n) is 7.11. The average Bonchev–Trinajstić information content (AvgIpc) is 2.92. The van der Waals surface area contributed by atoms with Gasteiger partial charge in [0.25, 0.3) is 0 Å². The third kappa shape index (κ3) is 5.64. The van der Waals surface area contributed by atoms with Crippen LogP contribution in [0.15, 0.2) is 97.1 Å². The highest BCUT2D eigenvalue weighted by Crippen LogP contribution is 2.47. The molecular weight excluding hydrogens is 537 g/mol. The minimum absolute atomic E-state index is 0.0626. The highest BCUT2D eigenvalue weighted by atomic mass is 35.5. The number of aliphatic hydroxyl groups is 1. The topological polar surface area (TPSA) is 118 Å². The van der Waals surface area contributed by atoms with E-state index in [-0.39, 0.29) is 23.0 Å². The number of amides is 1. The second kappa shape index (κ2) is 11.0. The van der Waals surface area contributed by atoms with Crippen LogP contribution in [0.3, 0.4) is 0 Å². The predicted molar refractivity (Wildman–Crippen MR) is 151 cm³/mol. The lowest BCUT2D eigenvalue weighted by Gasteiger charge is -2.48. The summed E-state index contributed by atoms with van der Waals surface area (Å²) in [7, 11) is -4.45. The molecule has 9 heteroatoms. The van der Waals surface area contributed by atoms with Crippen molar-refractivity contribution < 1.29 is 29.4 Å². The number of rotatable bonds is 8. The summed E-state index contributed by atoms with van der Waals surface area (Å²) < 4.78 is 11.7. The van der Waals surface area contributed by atoms with Crippen LogP contribution in [0, 0.1) is 5.92 Å². The Labute approximate surface area is 231 Å². The molecule has 0 aliphatic carbocycles. The predicted octanol–water partition coefficient (Wildman–Crippen LogP) is 5.73. The normalized spacial score (nSPS) is 18.1. The number of para-hydroxylation sites is 1. The lowest BCUT2D eigenvalue weighted by molar-refractivity contribution is -0.131. The molecule has 5 rings (SSSR count). The quantitative estimate of drug-likeness (QED) is 0.160. The Bertz CT molecular complexity index is 1540. The van der Waals surface area contributed by atoms with Crippen molar-refractivity contribution in [1.29, 1.82) is 0 Å². The van der Waals surface area contributed by atoms with Gasteiger partial charge in [0.15, 0.2) is 0 Å². The summed E-state index contributed by atoms with van der Waals surface area (Å²) in [6, 6.07) is 26.9. The van der Waals surface area contributed by atoms with Gasteiger partial charge < -0.3 is 24.9 Å². The molecule has 0 bridgehead atoms. The van der Waals surface area contributed by atoms with Crippen LogP contribution >= 0.6 is 19.2 Å². The Kier molecular flexibility index (Phi) is 7.63. The van der Waals surface area contributed by atoms with Gasteiger partial charge in [0.1, 0.15) is 5.75 Å². The summed E-state index contributed by atoms with van der Waals surface area (Å²) in [5.41, 5.74) is 3.06. The smallest absolute Gasteiger partial charge is 0.356 e. The Balaban J connectivity index is 1.43. The molecule has 200 valence electrons. The Morgan fingerprint density at radius 1 is 0.897 bits per heavy atom. The van der Waals surface area contributed by atoms with Gasteiger partial charge in [-0.25, -0.2) is 0 Å². The zero-order valence-corrected chi connectivity index (χ0v) is 22.4. The molecule has 0 aromatic heterocycles. The fraction of sp³-hybridized carbons (Fsp3) is 0.167. The maximum atomic E-state index is 13.3. The fourth-order valence-corrected chi connectivity index (χ4v) is 5.82. The number of hydrogen-bond acceptors (Lipinski definition) is 4. The molecule has 39 heavy (non-hydrogen) atoms. The number of anilines is 1. The van der Waals surface area contributed by atoms with Crippen molar-refractivity contribution in [3.05, 3.63) is 113 Å². The van der Waals surface area contributed by atoms with E-state index in [0.29, 0.717) is 29.0 Å². The van der Waals surface area contributed by atoms with Gasteiger partial charge in [-0.1, -0.05) is 66.2 Å². The molecule has 0 spiro atoms. The molecule has 4 aromatic carbocycles. The van der Waals surface area contributed by atoms with Gasteiger partial charge in [-0.3, -0.25) is 9.36 Å². The lowest BCUT2D eigenvalue weighted by atomic mass is 9.78. The number of benzene rings is 4. The molecule has 7 nitrogen and oxygen atoms in total. The van der Waals surface area contributed by atoms with E-state index in [0.717, 1.165) is 16.8 Å². The summed E-state index contributed by atoms with van der Waals surface area (Å²) >= 11 is 5.96. The SMILES string of the molecule is O=C1[C@H](CC[C@H](O)c2ccc(Cl)cc2)[C@@H](c2ccc(-c3cccc(P(=O)(O)O)c3)c(O)c2)N1c1ccccc1. The first-order valence-corrected chi connectivity index (χ1v) is 14.4. The summed E-state index contributed by atoms with van der Waals surface area (Å²) in [4.78, 5) is 34.1. The Morgan fingerprint density at radius 2 is 1.62 bits per heavy atom. The summed E-state index contributed by atoms with van der Waals surface area (Å²) in [5, 5.41) is 22.1. The molecule has 0 radical (unpaired) electrons. The van der Waals surface area contributed by atoms with Gasteiger partial charge in [-0.15, -0.1) is 0 Å². The molecule has 1 fully saturated rings. The van der Waals surface area contributed by atoms with E-state index in [9.17, 15) is 29.4 Å². The van der Waals surface area contributed by atoms with Crippen molar-refractivity contribution in [2.24, 2.45) is 5.92 Å². The molecule has 0 unspecified atom stereocenters. The van der Waals surface area contributed by atoms with Crippen molar-refractivity contribution in [2.45, 2.75) is 25.0 Å². The molecule has 4 N–H and O–H groups in total. The van der Waals surface area contributed by atoms with Gasteiger partial charge in [0.05, 0.1) is 23.4 Å². The van der Waals surface area contributed by atoms with E-state index in [2.05, 4.69) is 0 Å². The van der Waals surface area contributed by atoms with E-state index < -0.39 is 19.6 Å². The molecule has 3 atom stereocenters. The number of β-lactam (4-membered cyclic amide) rings is 1. The van der Waals surface area contributed by atoms with Crippen LogP contribution in [0.25, 0.3) is 11.1 Å². The van der Waals surface area contributed by atoms with E-state index in [4.69, 9.17) is 11.6 Å². The van der Waals surface area contributed by atoms with Gasteiger partial charge in [0, 0.05) is 16.3 Å². The summed E-state index contributed by atoms with van der Waals surface area (Å²) in [6.45, 7) is 0. The molecule has 1 aliphatic heterocycles. The molecule has 1 amide bonds. The number of aromatic hydroxyl groups is 1. The van der Waals surface area contributed by atoms with Crippen molar-refractivity contribution in [1.82, 2.24) is 0 Å². The van der Waals surface area contributed by atoms with Crippen molar-refractivity contribution >= 4 is 36.1 Å². The Morgan fingerprint density at radius 3 is 2.28 bits per heavy atom. The highest BCUT2D eigenvalue weighted by molar-refractivity contribution is 7.60. The Hall–Kier alpha value is -3.45. The van der Waals surface area contributed by atoms with Crippen LogP contribution in [0.2, 0.25) is 5.02 Å². The number of nitrogens with zero attached hydrogens (tertiary/aromatic N) is 1. The van der Waals surface area contributed by atoms with Crippen LogP contribution in [-0.2, 0) is 9.36 Å². The zero-order valence-electron chi connectivity index (χ0n) is 20.8. The van der Waals surface area contributed by atoms with Crippen molar-refractivity contribution in [3.63, 3.8) is 0 Å². The minimum Gasteiger partial charge on any atom is -0.507 e. The second-order valence-electron chi connectivity index (χ2n) is 9.61. The standard InChI is InChI=1S/C30H27ClNO6P/c31-22-12-9-19(10-13-22)27(33)16-15-26-29(32(30(26)35)23-6-2-1-3-7-23)21-11-14-25(28(34)18-21)20-5-4-8-24(17-20)39(36,37)38/h1-14,17-18,26-27,29,33-34H,15-16H2,(H2,36,37,38)/t26-,27+,29-/m1/s1. The van der Waals surface area contributed by atoms with E-state index in [1.165, 1.54) is 18.2 Å². The van der Waals surface area contributed by atoms with Gasteiger partial charge >= 0.3 is 7.60 Å². The molecule has 1 aliphatic rings.